The Balaban J connectivity index is 1.41. The fourth-order valence-corrected chi connectivity index (χ4v) is 5.13. The summed E-state index contributed by atoms with van der Waals surface area (Å²) >= 11 is 1.47. The second kappa shape index (κ2) is 12.4. The molecule has 0 saturated carbocycles. The molecule has 1 amide bonds. The van der Waals surface area contributed by atoms with Gasteiger partial charge in [0, 0.05) is 17.7 Å². The molecule has 0 saturated heterocycles. The van der Waals surface area contributed by atoms with Crippen LogP contribution < -0.4 is 5.32 Å². The topological polar surface area (TPSA) is 81.7 Å². The summed E-state index contributed by atoms with van der Waals surface area (Å²) in [6, 6.07) is 10.1. The molecule has 0 spiro atoms. The van der Waals surface area contributed by atoms with Gasteiger partial charge in [-0.3, -0.25) is 9.59 Å². The first kappa shape index (κ1) is 24.0. The van der Waals surface area contributed by atoms with Gasteiger partial charge in [-0.2, -0.15) is 0 Å². The van der Waals surface area contributed by atoms with E-state index in [4.69, 9.17) is 9.47 Å². The third kappa shape index (κ3) is 6.92. The monoisotopic (exact) mass is 457 g/mol. The number of hydrogen-bond donors (Lipinski definition) is 1. The van der Waals surface area contributed by atoms with Crippen molar-refractivity contribution in [1.82, 2.24) is 0 Å². The van der Waals surface area contributed by atoms with Crippen molar-refractivity contribution in [2.75, 3.05) is 18.5 Å². The summed E-state index contributed by atoms with van der Waals surface area (Å²) in [6.07, 6.45) is 6.34. The number of fused-ring (bicyclic) bond motifs is 1. The van der Waals surface area contributed by atoms with Crippen LogP contribution in [0.1, 0.15) is 71.8 Å². The van der Waals surface area contributed by atoms with Gasteiger partial charge in [0.2, 0.25) is 5.91 Å². The Labute approximate surface area is 193 Å². The molecule has 172 valence electrons. The highest BCUT2D eigenvalue weighted by molar-refractivity contribution is 7.17. The van der Waals surface area contributed by atoms with Crippen LogP contribution in [0.2, 0.25) is 0 Å². The highest BCUT2D eigenvalue weighted by atomic mass is 32.1. The summed E-state index contributed by atoms with van der Waals surface area (Å²) in [5.41, 5.74) is 2.75. The fraction of sp³-hybridized carbons (Fsp3) is 0.480. The number of aryl methyl sites for hydroxylation is 2. The fourth-order valence-electron chi connectivity index (χ4n) is 3.83. The minimum absolute atomic E-state index is 0.198. The molecule has 1 heterocycles. The van der Waals surface area contributed by atoms with Crippen LogP contribution in [0.15, 0.2) is 30.3 Å². The average Bonchev–Trinajstić information content (AvgIpc) is 3.15. The first-order chi connectivity index (χ1) is 15.6. The highest BCUT2D eigenvalue weighted by Crippen LogP contribution is 2.38. The van der Waals surface area contributed by atoms with Crippen LogP contribution in [0.4, 0.5) is 5.00 Å². The molecule has 7 heteroatoms. The molecule has 2 aromatic rings. The molecule has 1 aromatic heterocycles. The van der Waals surface area contributed by atoms with Crippen LogP contribution in [0.3, 0.4) is 0 Å². The van der Waals surface area contributed by atoms with Gasteiger partial charge in [0.1, 0.15) is 5.00 Å². The third-order valence-corrected chi connectivity index (χ3v) is 6.61. The Bertz CT molecular complexity index is 922. The number of esters is 2. The molecule has 1 aliphatic rings. The molecule has 0 bridgehead atoms. The van der Waals surface area contributed by atoms with Crippen molar-refractivity contribution in [2.24, 2.45) is 0 Å². The minimum atomic E-state index is -0.374. The SMILES string of the molecule is CCOC(=O)c1c(NC(=O)CCCC(=O)OCCCc2ccccc2)sc2c1CCCC2. The van der Waals surface area contributed by atoms with Crippen LogP contribution in [0, 0.1) is 0 Å². The van der Waals surface area contributed by atoms with E-state index in [0.29, 0.717) is 30.2 Å². The molecular formula is C25H31NO5S. The van der Waals surface area contributed by atoms with Crippen LogP contribution in [0.5, 0.6) is 0 Å². The number of anilines is 1. The number of rotatable bonds is 11. The normalized spacial score (nSPS) is 12.7. The van der Waals surface area contributed by atoms with E-state index in [1.54, 1.807) is 6.92 Å². The summed E-state index contributed by atoms with van der Waals surface area (Å²) in [5.74, 6) is -0.864. The Morgan fingerprint density at radius 3 is 2.56 bits per heavy atom. The van der Waals surface area contributed by atoms with Gasteiger partial charge in [-0.05, 0) is 63.0 Å². The van der Waals surface area contributed by atoms with Gasteiger partial charge < -0.3 is 14.8 Å². The zero-order chi connectivity index (χ0) is 22.8. The standard InChI is InChI=1S/C25H31NO5S/c1-2-30-25(29)23-19-13-6-7-14-20(19)32-24(23)26-21(27)15-8-16-22(28)31-17-9-12-18-10-4-3-5-11-18/h3-5,10-11H,2,6-9,12-17H2,1H3,(H,26,27). The van der Waals surface area contributed by atoms with Gasteiger partial charge in [-0.15, -0.1) is 11.3 Å². The molecular weight excluding hydrogens is 426 g/mol. The number of carbonyl (C=O) groups is 3. The third-order valence-electron chi connectivity index (χ3n) is 5.40. The van der Waals surface area contributed by atoms with Crippen LogP contribution >= 0.6 is 11.3 Å². The zero-order valence-electron chi connectivity index (χ0n) is 18.6. The van der Waals surface area contributed by atoms with E-state index in [1.807, 2.05) is 18.2 Å². The molecule has 0 radical (unpaired) electrons. The van der Waals surface area contributed by atoms with Crippen molar-refractivity contribution < 1.29 is 23.9 Å². The van der Waals surface area contributed by atoms with Gasteiger partial charge in [-0.25, -0.2) is 4.79 Å². The first-order valence-corrected chi connectivity index (χ1v) is 12.2. The number of benzene rings is 1. The second-order valence-electron chi connectivity index (χ2n) is 7.85. The van der Waals surface area contributed by atoms with Gasteiger partial charge in [0.25, 0.3) is 0 Å². The van der Waals surface area contributed by atoms with Crippen molar-refractivity contribution in [1.29, 1.82) is 0 Å². The average molecular weight is 458 g/mol. The molecule has 32 heavy (non-hydrogen) atoms. The van der Waals surface area contributed by atoms with Gasteiger partial charge in [0.15, 0.2) is 0 Å². The van der Waals surface area contributed by atoms with Crippen molar-refractivity contribution >= 4 is 34.2 Å². The predicted molar refractivity (Wildman–Crippen MR) is 125 cm³/mol. The first-order valence-electron chi connectivity index (χ1n) is 11.4. The molecule has 1 N–H and O–H groups in total. The smallest absolute Gasteiger partial charge is 0.341 e. The minimum Gasteiger partial charge on any atom is -0.466 e. The van der Waals surface area contributed by atoms with E-state index in [-0.39, 0.29) is 30.7 Å². The summed E-state index contributed by atoms with van der Waals surface area (Å²) in [7, 11) is 0. The number of ether oxygens (including phenoxy) is 2. The molecule has 0 unspecified atom stereocenters. The predicted octanol–water partition coefficient (Wildman–Crippen LogP) is 5.09. The number of hydrogen-bond acceptors (Lipinski definition) is 6. The molecule has 1 aliphatic carbocycles. The van der Waals surface area contributed by atoms with E-state index in [0.717, 1.165) is 49.0 Å². The molecule has 0 atom stereocenters. The molecule has 1 aromatic carbocycles. The number of thiophene rings is 1. The lowest BCUT2D eigenvalue weighted by Gasteiger charge is -2.12. The van der Waals surface area contributed by atoms with Crippen LogP contribution in [-0.4, -0.2) is 31.1 Å². The van der Waals surface area contributed by atoms with Crippen molar-refractivity contribution in [3.05, 3.63) is 51.9 Å². The Kier molecular flexibility index (Phi) is 9.28. The van der Waals surface area contributed by atoms with E-state index in [1.165, 1.54) is 16.9 Å². The van der Waals surface area contributed by atoms with E-state index in [2.05, 4.69) is 17.4 Å². The lowest BCUT2D eigenvalue weighted by Crippen LogP contribution is -2.16. The van der Waals surface area contributed by atoms with Crippen molar-refractivity contribution in [3.63, 3.8) is 0 Å². The molecule has 0 fully saturated rings. The van der Waals surface area contributed by atoms with Crippen molar-refractivity contribution in [3.8, 4) is 0 Å². The maximum absolute atomic E-state index is 12.5. The van der Waals surface area contributed by atoms with Crippen LogP contribution in [-0.2, 0) is 38.3 Å². The Hall–Kier alpha value is -2.67. The summed E-state index contributed by atoms with van der Waals surface area (Å²) in [4.78, 5) is 38.0. The maximum Gasteiger partial charge on any atom is 0.341 e. The lowest BCUT2D eigenvalue weighted by molar-refractivity contribution is -0.143. The zero-order valence-corrected chi connectivity index (χ0v) is 19.4. The largest absolute Gasteiger partial charge is 0.466 e. The summed E-state index contributed by atoms with van der Waals surface area (Å²) in [5, 5.41) is 3.45. The maximum atomic E-state index is 12.5. The second-order valence-corrected chi connectivity index (χ2v) is 8.95. The van der Waals surface area contributed by atoms with Crippen molar-refractivity contribution in [2.45, 2.75) is 64.7 Å². The quantitative estimate of drug-likeness (QED) is 0.375. The number of nitrogens with one attached hydrogen (secondary N) is 1. The molecule has 3 rings (SSSR count). The van der Waals surface area contributed by atoms with Crippen LogP contribution in [0.25, 0.3) is 0 Å². The highest BCUT2D eigenvalue weighted by Gasteiger charge is 2.27. The molecule has 6 nitrogen and oxygen atoms in total. The van der Waals surface area contributed by atoms with Gasteiger partial charge in [-0.1, -0.05) is 30.3 Å². The number of amides is 1. The van der Waals surface area contributed by atoms with E-state index < -0.39 is 0 Å². The number of carbonyl (C=O) groups excluding carboxylic acids is 3. The summed E-state index contributed by atoms with van der Waals surface area (Å²) < 4.78 is 10.5. The summed E-state index contributed by atoms with van der Waals surface area (Å²) in [6.45, 7) is 2.45. The van der Waals surface area contributed by atoms with Gasteiger partial charge in [0.05, 0.1) is 18.8 Å². The Morgan fingerprint density at radius 1 is 1.00 bits per heavy atom. The molecule has 0 aliphatic heterocycles. The van der Waals surface area contributed by atoms with Gasteiger partial charge >= 0.3 is 11.9 Å². The van der Waals surface area contributed by atoms with E-state index >= 15 is 0 Å². The van der Waals surface area contributed by atoms with E-state index in [9.17, 15) is 14.4 Å². The Morgan fingerprint density at radius 2 is 1.78 bits per heavy atom. The lowest BCUT2D eigenvalue weighted by atomic mass is 9.95.